The average Bonchev–Trinajstić information content (AvgIpc) is 2.65. The molecule has 5 nitrogen and oxygen atoms in total. The van der Waals surface area contributed by atoms with Crippen LogP contribution in [0, 0.1) is 0 Å². The highest BCUT2D eigenvalue weighted by Gasteiger charge is 2.01. The Hall–Kier alpha value is -1.14. The molecule has 0 spiro atoms. The van der Waals surface area contributed by atoms with E-state index in [2.05, 4.69) is 13.8 Å². The molecular formula is C21H42O5Si. The van der Waals surface area contributed by atoms with Crippen molar-refractivity contribution in [3.63, 3.8) is 0 Å². The van der Waals surface area contributed by atoms with Crippen molar-refractivity contribution in [2.75, 3.05) is 13.2 Å². The highest BCUT2D eigenvalue weighted by atomic mass is 28.2. The lowest BCUT2D eigenvalue weighted by Gasteiger charge is -2.03. The van der Waals surface area contributed by atoms with Crippen molar-refractivity contribution in [2.24, 2.45) is 0 Å². The minimum atomic E-state index is -0.583. The summed E-state index contributed by atoms with van der Waals surface area (Å²) in [7, 11) is -0.583. The first kappa shape index (κ1) is 28.1. The van der Waals surface area contributed by atoms with Gasteiger partial charge in [-0.15, -0.1) is 0 Å². The molecule has 0 heterocycles. The van der Waals surface area contributed by atoms with Crippen LogP contribution in [0.3, 0.4) is 0 Å². The van der Waals surface area contributed by atoms with Crippen molar-refractivity contribution in [3.8, 4) is 0 Å². The van der Waals surface area contributed by atoms with E-state index in [1.165, 1.54) is 51.4 Å². The largest absolute Gasteiger partial charge is 0.463 e. The normalized spacial score (nSPS) is 10.8. The van der Waals surface area contributed by atoms with Crippen LogP contribution in [0.1, 0.15) is 90.9 Å². The number of esters is 2. The quantitative estimate of drug-likeness (QED) is 0.179. The molecule has 0 aliphatic rings. The first-order valence-corrected chi connectivity index (χ1v) is 12.8. The summed E-state index contributed by atoms with van der Waals surface area (Å²) in [6.45, 7) is 7.03. The maximum atomic E-state index is 11.4. The predicted molar refractivity (Wildman–Crippen MR) is 114 cm³/mol. The van der Waals surface area contributed by atoms with Gasteiger partial charge >= 0.3 is 11.9 Å². The fourth-order valence-electron chi connectivity index (χ4n) is 2.34. The van der Waals surface area contributed by atoms with Crippen LogP contribution >= 0.6 is 0 Å². The lowest BCUT2D eigenvalue weighted by Crippen LogP contribution is -2.06. The number of unbranched alkanes of at least 4 members (excludes halogenated alkanes) is 10. The summed E-state index contributed by atoms with van der Waals surface area (Å²) in [6.07, 6.45) is 16.1. The van der Waals surface area contributed by atoms with Gasteiger partial charge in [-0.05, 0) is 12.8 Å². The third-order valence-electron chi connectivity index (χ3n) is 3.84. The molecule has 0 aromatic carbocycles. The lowest BCUT2D eigenvalue weighted by molar-refractivity contribution is -0.140. The SMILES string of the molecule is CCCCCCCCOC(=O)C=CC(=O)OCCCCCCCC.C[SiH2]O. The third-order valence-corrected chi connectivity index (χ3v) is 3.84. The lowest BCUT2D eigenvalue weighted by atomic mass is 10.1. The fourth-order valence-corrected chi connectivity index (χ4v) is 2.34. The van der Waals surface area contributed by atoms with Gasteiger partial charge in [-0.2, -0.15) is 0 Å². The number of carbonyl (C=O) groups excluding carboxylic acids is 2. The Labute approximate surface area is 168 Å². The van der Waals surface area contributed by atoms with E-state index < -0.39 is 21.7 Å². The molecule has 0 aromatic rings. The number of carbonyl (C=O) groups is 2. The Balaban J connectivity index is 0. The topological polar surface area (TPSA) is 72.8 Å². The summed E-state index contributed by atoms with van der Waals surface area (Å²) in [4.78, 5) is 30.6. The maximum absolute atomic E-state index is 11.4. The van der Waals surface area contributed by atoms with Crippen molar-refractivity contribution in [1.82, 2.24) is 0 Å². The van der Waals surface area contributed by atoms with Crippen LogP contribution in [-0.2, 0) is 19.1 Å². The smallest absolute Gasteiger partial charge is 0.331 e. The molecule has 27 heavy (non-hydrogen) atoms. The van der Waals surface area contributed by atoms with E-state index in [-0.39, 0.29) is 0 Å². The summed E-state index contributed by atoms with van der Waals surface area (Å²) in [5.41, 5.74) is 0. The van der Waals surface area contributed by atoms with Crippen molar-refractivity contribution in [2.45, 2.75) is 97.4 Å². The van der Waals surface area contributed by atoms with Crippen LogP contribution in [0.5, 0.6) is 0 Å². The van der Waals surface area contributed by atoms with Crippen molar-refractivity contribution in [3.05, 3.63) is 12.2 Å². The van der Waals surface area contributed by atoms with Gasteiger partial charge in [0, 0.05) is 12.2 Å². The van der Waals surface area contributed by atoms with E-state index in [9.17, 15) is 9.59 Å². The van der Waals surface area contributed by atoms with E-state index in [0.29, 0.717) is 13.2 Å². The molecule has 0 fully saturated rings. The summed E-state index contributed by atoms with van der Waals surface area (Å²) in [5, 5.41) is 0. The molecule has 0 bridgehead atoms. The second-order valence-corrected chi connectivity index (χ2v) is 7.15. The monoisotopic (exact) mass is 402 g/mol. The summed E-state index contributed by atoms with van der Waals surface area (Å²) in [5.74, 6) is -0.944. The van der Waals surface area contributed by atoms with Crippen LogP contribution in [0.2, 0.25) is 6.55 Å². The molecule has 0 aromatic heterocycles. The first-order chi connectivity index (χ1) is 13.1. The Morgan fingerprint density at radius 2 is 1.00 bits per heavy atom. The average molecular weight is 403 g/mol. The molecular weight excluding hydrogens is 360 g/mol. The van der Waals surface area contributed by atoms with Crippen LogP contribution in [0.25, 0.3) is 0 Å². The molecule has 0 saturated heterocycles. The molecule has 1 N–H and O–H groups in total. The van der Waals surface area contributed by atoms with Crippen molar-refractivity contribution < 1.29 is 23.9 Å². The van der Waals surface area contributed by atoms with Gasteiger partial charge in [-0.25, -0.2) is 9.59 Å². The molecule has 0 aliphatic heterocycles. The number of rotatable bonds is 16. The van der Waals surface area contributed by atoms with E-state index in [0.717, 1.165) is 37.8 Å². The molecule has 0 aliphatic carbocycles. The molecule has 6 heteroatoms. The minimum Gasteiger partial charge on any atom is -0.463 e. The number of hydrogen-bond acceptors (Lipinski definition) is 5. The third kappa shape index (κ3) is 27.2. The Morgan fingerprint density at radius 1 is 0.704 bits per heavy atom. The molecule has 0 amide bonds. The standard InChI is InChI=1S/C20H36O4.CH6OSi/c1-3-5-7-9-11-13-17-23-19(21)15-16-20(22)24-18-14-12-10-8-6-4-2;1-3-2/h15-16H,3-14,17-18H2,1-2H3;2H,3H2,1H3. The minimum absolute atomic E-state index is 0.419. The Bertz CT molecular complexity index is 326. The zero-order chi connectivity index (χ0) is 20.6. The highest BCUT2D eigenvalue weighted by molar-refractivity contribution is 6.22. The highest BCUT2D eigenvalue weighted by Crippen LogP contribution is 2.06. The predicted octanol–water partition coefficient (Wildman–Crippen LogP) is 4.46. The van der Waals surface area contributed by atoms with Gasteiger partial charge in [0.25, 0.3) is 0 Å². The second-order valence-electron chi connectivity index (χ2n) is 6.52. The van der Waals surface area contributed by atoms with Crippen LogP contribution in [0.15, 0.2) is 12.2 Å². The molecule has 0 saturated carbocycles. The molecule has 0 radical (unpaired) electrons. The van der Waals surface area contributed by atoms with Crippen molar-refractivity contribution in [1.29, 1.82) is 0 Å². The van der Waals surface area contributed by atoms with Gasteiger partial charge in [0.2, 0.25) is 0 Å². The molecule has 0 atom stereocenters. The van der Waals surface area contributed by atoms with Gasteiger partial charge in [-0.1, -0.05) is 84.6 Å². The van der Waals surface area contributed by atoms with Crippen LogP contribution in [-0.4, -0.2) is 39.7 Å². The van der Waals surface area contributed by atoms with E-state index >= 15 is 0 Å². The van der Waals surface area contributed by atoms with Gasteiger partial charge < -0.3 is 14.3 Å². The van der Waals surface area contributed by atoms with Gasteiger partial charge in [0.1, 0.15) is 0 Å². The summed E-state index contributed by atoms with van der Waals surface area (Å²) >= 11 is 0. The second kappa shape index (κ2) is 24.9. The first-order valence-electron chi connectivity index (χ1n) is 10.7. The Morgan fingerprint density at radius 3 is 1.33 bits per heavy atom. The maximum Gasteiger partial charge on any atom is 0.331 e. The zero-order valence-corrected chi connectivity index (χ0v) is 19.3. The summed E-state index contributed by atoms with van der Waals surface area (Å²) < 4.78 is 10.1. The van der Waals surface area contributed by atoms with Gasteiger partial charge in [-0.3, -0.25) is 0 Å². The van der Waals surface area contributed by atoms with Gasteiger partial charge in [0.05, 0.1) is 13.2 Å². The van der Waals surface area contributed by atoms with E-state index in [1.807, 2.05) is 6.55 Å². The van der Waals surface area contributed by atoms with E-state index in [1.54, 1.807) is 0 Å². The van der Waals surface area contributed by atoms with Gasteiger partial charge in [0.15, 0.2) is 9.76 Å². The molecule has 160 valence electrons. The number of ether oxygens (including phenoxy) is 2. The zero-order valence-electron chi connectivity index (χ0n) is 17.8. The molecule has 0 rings (SSSR count). The summed E-state index contributed by atoms with van der Waals surface area (Å²) in [6, 6.07) is 0. The van der Waals surface area contributed by atoms with E-state index in [4.69, 9.17) is 14.3 Å². The van der Waals surface area contributed by atoms with Crippen molar-refractivity contribution >= 4 is 21.7 Å². The van der Waals surface area contributed by atoms with Crippen LogP contribution in [0.4, 0.5) is 0 Å². The molecule has 0 unspecified atom stereocenters. The number of hydrogen-bond donors (Lipinski definition) is 1. The Kier molecular flexibility index (Phi) is 25.8. The fraction of sp³-hybridized carbons (Fsp3) is 0.810. The van der Waals surface area contributed by atoms with Crippen LogP contribution < -0.4 is 0 Å².